The molecule has 1 atom stereocenters. The highest BCUT2D eigenvalue weighted by atomic mass is 127. The topological polar surface area (TPSA) is 39.5 Å². The van der Waals surface area contributed by atoms with Crippen molar-refractivity contribution in [1.82, 2.24) is 4.90 Å². The molecule has 0 saturated carbocycles. The van der Waals surface area contributed by atoms with E-state index < -0.39 is 0 Å². The molecule has 0 radical (unpaired) electrons. The Morgan fingerprint density at radius 3 is 2.07 bits per heavy atom. The number of hydrogen-bond donors (Lipinski definition) is 1. The largest absolute Gasteiger partial charge is 0.347 e. The number of nitrogens with one attached hydrogen (secondary N) is 1. The molecule has 0 bridgehead atoms. The Balaban J connectivity index is 2.44. The maximum atomic E-state index is 8.54. The number of benzene rings is 2. The highest BCUT2D eigenvalue weighted by Crippen LogP contribution is 2.24. The molecule has 0 aliphatic heterocycles. The Bertz CT molecular complexity index is 814. The van der Waals surface area contributed by atoms with Gasteiger partial charge in [-0.2, -0.15) is 0 Å². The van der Waals surface area contributed by atoms with E-state index in [1.165, 1.54) is 11.1 Å². The third kappa shape index (κ3) is 5.90. The van der Waals surface area contributed by atoms with E-state index in [9.17, 15) is 0 Å². The summed E-state index contributed by atoms with van der Waals surface area (Å²) in [5.41, 5.74) is 4.48. The normalized spacial score (nSPS) is 13.3. The van der Waals surface area contributed by atoms with Crippen LogP contribution in [0.2, 0.25) is 0 Å². The van der Waals surface area contributed by atoms with Crippen molar-refractivity contribution >= 4 is 34.3 Å². The van der Waals surface area contributed by atoms with E-state index in [0.29, 0.717) is 9.88 Å². The molecular weight excluding hydrogens is 457 g/mol. The molecular formula is C24H32IN3. The monoisotopic (exact) mass is 489 g/mol. The minimum absolute atomic E-state index is 0.115. The van der Waals surface area contributed by atoms with Crippen LogP contribution in [-0.4, -0.2) is 27.7 Å². The van der Waals surface area contributed by atoms with Crippen molar-refractivity contribution in [3.05, 3.63) is 70.8 Å². The van der Waals surface area contributed by atoms with Gasteiger partial charge < -0.3 is 4.90 Å². The van der Waals surface area contributed by atoms with Crippen LogP contribution in [0.1, 0.15) is 62.8 Å². The molecule has 3 nitrogen and oxygen atoms in total. The molecule has 4 heteroatoms. The summed E-state index contributed by atoms with van der Waals surface area (Å²) in [7, 11) is 2.08. The molecule has 0 spiro atoms. The van der Waals surface area contributed by atoms with Gasteiger partial charge in [-0.05, 0) is 24.3 Å². The Kier molecular flexibility index (Phi) is 7.81. The van der Waals surface area contributed by atoms with Crippen LogP contribution in [0.4, 0.5) is 0 Å². The van der Waals surface area contributed by atoms with E-state index >= 15 is 0 Å². The summed E-state index contributed by atoms with van der Waals surface area (Å²) in [4.78, 5) is 6.96. The van der Waals surface area contributed by atoms with Gasteiger partial charge in [0.2, 0.25) is 0 Å². The summed E-state index contributed by atoms with van der Waals surface area (Å²) in [6, 6.07) is 16.6. The number of aryl methyl sites for hydroxylation is 1. The first-order valence-electron chi connectivity index (χ1n) is 9.85. The lowest BCUT2D eigenvalue weighted by atomic mass is 9.86. The molecule has 1 unspecified atom stereocenters. The van der Waals surface area contributed by atoms with Crippen molar-refractivity contribution in [3.8, 4) is 0 Å². The van der Waals surface area contributed by atoms with Crippen LogP contribution in [-0.2, 0) is 5.41 Å². The third-order valence-corrected chi connectivity index (χ3v) is 6.29. The zero-order valence-electron chi connectivity index (χ0n) is 17.9. The SMILES string of the molecule is CCCC(I)N(C)/C(=N\C(=N)c1ccc(C)cc1)c1ccc(C(C)(C)C)cc1. The fourth-order valence-corrected chi connectivity index (χ4v) is 3.80. The van der Waals surface area contributed by atoms with E-state index in [1.807, 2.05) is 24.3 Å². The molecule has 0 saturated heterocycles. The first-order valence-corrected chi connectivity index (χ1v) is 11.1. The summed E-state index contributed by atoms with van der Waals surface area (Å²) in [5.74, 6) is 1.14. The fourth-order valence-electron chi connectivity index (χ4n) is 2.91. The molecule has 2 aromatic rings. The minimum Gasteiger partial charge on any atom is -0.347 e. The second-order valence-corrected chi connectivity index (χ2v) is 9.75. The summed E-state index contributed by atoms with van der Waals surface area (Å²) < 4.78 is 0.328. The maximum absolute atomic E-state index is 8.54. The fraction of sp³-hybridized carbons (Fsp3) is 0.417. The van der Waals surface area contributed by atoms with Crippen molar-refractivity contribution in [1.29, 1.82) is 5.41 Å². The number of halogens is 1. The van der Waals surface area contributed by atoms with Gasteiger partial charge >= 0.3 is 0 Å². The van der Waals surface area contributed by atoms with Crippen LogP contribution >= 0.6 is 22.6 Å². The molecule has 0 heterocycles. The smallest absolute Gasteiger partial charge is 0.154 e. The highest BCUT2D eigenvalue weighted by Gasteiger charge is 2.19. The van der Waals surface area contributed by atoms with Crippen LogP contribution in [0.3, 0.4) is 0 Å². The molecule has 28 heavy (non-hydrogen) atoms. The van der Waals surface area contributed by atoms with E-state index in [0.717, 1.165) is 29.8 Å². The number of nitrogens with zero attached hydrogens (tertiary/aromatic N) is 2. The van der Waals surface area contributed by atoms with E-state index in [1.54, 1.807) is 0 Å². The number of hydrogen-bond acceptors (Lipinski definition) is 1. The Morgan fingerprint density at radius 2 is 1.57 bits per heavy atom. The second kappa shape index (κ2) is 9.68. The molecule has 0 fully saturated rings. The van der Waals surface area contributed by atoms with Gasteiger partial charge in [-0.25, -0.2) is 4.99 Å². The Hall–Kier alpha value is -1.69. The molecule has 0 aromatic heterocycles. The second-order valence-electron chi connectivity index (χ2n) is 8.31. The number of rotatable bonds is 5. The van der Waals surface area contributed by atoms with Crippen LogP contribution in [0.15, 0.2) is 53.5 Å². The molecule has 1 N–H and O–H groups in total. The van der Waals surface area contributed by atoms with Crippen molar-refractivity contribution in [2.75, 3.05) is 7.05 Å². The molecule has 0 amide bonds. The molecule has 2 rings (SSSR count). The lowest BCUT2D eigenvalue weighted by molar-refractivity contribution is 0.465. The third-order valence-electron chi connectivity index (χ3n) is 4.83. The lowest BCUT2D eigenvalue weighted by Gasteiger charge is -2.27. The summed E-state index contributed by atoms with van der Waals surface area (Å²) >= 11 is 2.47. The first kappa shape index (κ1) is 22.6. The van der Waals surface area contributed by atoms with E-state index in [2.05, 4.69) is 93.4 Å². The molecule has 0 aliphatic rings. The summed E-state index contributed by atoms with van der Waals surface area (Å²) in [6.45, 7) is 10.9. The van der Waals surface area contributed by atoms with Gasteiger partial charge in [0.1, 0.15) is 5.84 Å². The van der Waals surface area contributed by atoms with Crippen molar-refractivity contribution in [2.45, 2.75) is 56.9 Å². The van der Waals surface area contributed by atoms with Gasteiger partial charge in [0, 0.05) is 18.2 Å². The average molecular weight is 489 g/mol. The lowest BCUT2D eigenvalue weighted by Crippen LogP contribution is -2.34. The van der Waals surface area contributed by atoms with Crippen molar-refractivity contribution in [3.63, 3.8) is 0 Å². The Morgan fingerprint density at radius 1 is 1.04 bits per heavy atom. The summed E-state index contributed by atoms with van der Waals surface area (Å²) in [6.07, 6.45) is 2.19. The zero-order chi connectivity index (χ0) is 20.9. The molecule has 150 valence electrons. The standard InChI is InChI=1S/C24H32IN3/c1-7-8-21(25)28(6)23(19-13-15-20(16-14-19)24(3,4)5)27-22(26)18-11-9-17(2)10-12-18/h9-16,21,26H,7-8H2,1-6H3/b26-22?,27-23-. The number of amidine groups is 2. The Labute approximate surface area is 183 Å². The first-order chi connectivity index (χ1) is 13.1. The number of alkyl halides is 1. The maximum Gasteiger partial charge on any atom is 0.154 e. The molecule has 0 aliphatic carbocycles. The van der Waals surface area contributed by atoms with Crippen LogP contribution in [0, 0.1) is 12.3 Å². The van der Waals surface area contributed by atoms with Gasteiger partial charge in [-0.1, -0.05) is 111 Å². The predicted octanol–water partition coefficient (Wildman–Crippen LogP) is 6.56. The predicted molar refractivity (Wildman–Crippen MR) is 130 cm³/mol. The van der Waals surface area contributed by atoms with Crippen LogP contribution < -0.4 is 0 Å². The van der Waals surface area contributed by atoms with Gasteiger partial charge in [-0.15, -0.1) is 0 Å². The highest BCUT2D eigenvalue weighted by molar-refractivity contribution is 14.1. The molecule has 2 aromatic carbocycles. The van der Waals surface area contributed by atoms with Gasteiger partial charge in [0.25, 0.3) is 0 Å². The summed E-state index contributed by atoms with van der Waals surface area (Å²) in [5, 5.41) is 8.54. The number of aliphatic imine (C=N–C) groups is 1. The van der Waals surface area contributed by atoms with Gasteiger partial charge in [-0.3, -0.25) is 5.41 Å². The van der Waals surface area contributed by atoms with Crippen LogP contribution in [0.25, 0.3) is 0 Å². The van der Waals surface area contributed by atoms with Crippen LogP contribution in [0.5, 0.6) is 0 Å². The average Bonchev–Trinajstić information content (AvgIpc) is 2.65. The van der Waals surface area contributed by atoms with Gasteiger partial charge in [0.05, 0.1) is 4.05 Å². The minimum atomic E-state index is 0.115. The van der Waals surface area contributed by atoms with Crippen molar-refractivity contribution in [2.24, 2.45) is 4.99 Å². The van der Waals surface area contributed by atoms with Crippen molar-refractivity contribution < 1.29 is 0 Å². The zero-order valence-corrected chi connectivity index (χ0v) is 20.0. The van der Waals surface area contributed by atoms with E-state index in [-0.39, 0.29) is 5.41 Å². The van der Waals surface area contributed by atoms with E-state index in [4.69, 9.17) is 10.4 Å². The van der Waals surface area contributed by atoms with Gasteiger partial charge in [0.15, 0.2) is 5.84 Å². The quantitative estimate of drug-likeness (QED) is 0.167.